The molecule has 7 nitrogen and oxygen atoms in total. The van der Waals surface area contributed by atoms with Crippen molar-refractivity contribution in [3.63, 3.8) is 0 Å². The summed E-state index contributed by atoms with van der Waals surface area (Å²) in [5.74, 6) is 2.57. The lowest BCUT2D eigenvalue weighted by molar-refractivity contribution is -0.127. The highest BCUT2D eigenvalue weighted by molar-refractivity contribution is 6.32. The van der Waals surface area contributed by atoms with Crippen molar-refractivity contribution in [1.29, 1.82) is 0 Å². The summed E-state index contributed by atoms with van der Waals surface area (Å²) in [4.78, 5) is 16.3. The summed E-state index contributed by atoms with van der Waals surface area (Å²) >= 11 is 6.84. The number of amides is 1. The minimum absolute atomic E-state index is 0.0955. The molecule has 0 radical (unpaired) electrons. The maximum atomic E-state index is 11.9. The summed E-state index contributed by atoms with van der Waals surface area (Å²) in [6.45, 7) is 13.7. The molecule has 1 N–H and O–H groups in total. The highest BCUT2D eigenvalue weighted by Crippen LogP contribution is 2.44. The van der Waals surface area contributed by atoms with Gasteiger partial charge in [-0.15, -0.1) is 0 Å². The van der Waals surface area contributed by atoms with E-state index in [0.29, 0.717) is 35.9 Å². The highest BCUT2D eigenvalue weighted by Gasteiger charge is 2.35. The van der Waals surface area contributed by atoms with Crippen LogP contribution in [-0.2, 0) is 17.8 Å². The third kappa shape index (κ3) is 7.28. The van der Waals surface area contributed by atoms with Crippen LogP contribution in [0.15, 0.2) is 48.5 Å². The smallest absolute Gasteiger partial charge is 0.222 e. The fourth-order valence-electron chi connectivity index (χ4n) is 7.35. The van der Waals surface area contributed by atoms with E-state index in [1.54, 1.807) is 0 Å². The summed E-state index contributed by atoms with van der Waals surface area (Å²) in [6, 6.07) is 17.0. The maximum absolute atomic E-state index is 11.9. The van der Waals surface area contributed by atoms with E-state index >= 15 is 0 Å². The molecule has 1 unspecified atom stereocenters. The number of likely N-dealkylation sites (N-methyl/N-ethyl adjacent to an activating group) is 1. The molecule has 0 bridgehead atoms. The molecule has 252 valence electrons. The Morgan fingerprint density at radius 2 is 1.81 bits per heavy atom. The van der Waals surface area contributed by atoms with Gasteiger partial charge in [-0.3, -0.25) is 9.69 Å². The average molecular weight is 660 g/mol. The molecule has 3 aromatic rings. The van der Waals surface area contributed by atoms with Gasteiger partial charge in [-0.2, -0.15) is 0 Å². The number of nitrogens with zero attached hydrogens (tertiary/aromatic N) is 2. The number of carbonyl (C=O) groups excluding carboxylic acids is 1. The van der Waals surface area contributed by atoms with Gasteiger partial charge in [0, 0.05) is 62.9 Å². The van der Waals surface area contributed by atoms with Crippen LogP contribution >= 0.6 is 11.6 Å². The Hall–Kier alpha value is -3.26. The van der Waals surface area contributed by atoms with Crippen molar-refractivity contribution >= 4 is 17.5 Å². The van der Waals surface area contributed by atoms with Gasteiger partial charge in [0.25, 0.3) is 0 Å². The summed E-state index contributed by atoms with van der Waals surface area (Å²) < 4.78 is 19.0. The summed E-state index contributed by atoms with van der Waals surface area (Å²) in [5.41, 5.74) is 7.48. The maximum Gasteiger partial charge on any atom is 0.222 e. The Labute approximate surface area is 285 Å². The Bertz CT molecular complexity index is 1590. The minimum Gasteiger partial charge on any atom is -0.493 e. The lowest BCUT2D eigenvalue weighted by atomic mass is 9.89. The quantitative estimate of drug-likeness (QED) is 0.179. The summed E-state index contributed by atoms with van der Waals surface area (Å²) in [5, 5.41) is 4.07. The molecule has 2 saturated heterocycles. The zero-order valence-electron chi connectivity index (χ0n) is 28.7. The van der Waals surface area contributed by atoms with Gasteiger partial charge in [-0.05, 0) is 99.7 Å². The second-order valence-electron chi connectivity index (χ2n) is 13.9. The molecule has 1 amide bonds. The van der Waals surface area contributed by atoms with E-state index < -0.39 is 0 Å². The first kappa shape index (κ1) is 33.6. The largest absolute Gasteiger partial charge is 0.493 e. The summed E-state index contributed by atoms with van der Waals surface area (Å²) in [6.07, 6.45) is 5.52. The van der Waals surface area contributed by atoms with Crippen LogP contribution in [0.1, 0.15) is 81.2 Å². The van der Waals surface area contributed by atoms with Crippen LogP contribution in [0.3, 0.4) is 0 Å². The highest BCUT2D eigenvalue weighted by atomic mass is 35.5. The number of hydrogen-bond donors (Lipinski definition) is 1. The Morgan fingerprint density at radius 1 is 1.00 bits per heavy atom. The van der Waals surface area contributed by atoms with E-state index in [4.69, 9.17) is 25.8 Å². The van der Waals surface area contributed by atoms with E-state index in [0.717, 1.165) is 62.4 Å². The van der Waals surface area contributed by atoms with Gasteiger partial charge in [-0.1, -0.05) is 41.9 Å². The molecular formula is C39H50ClN3O4. The molecule has 2 aliphatic heterocycles. The number of rotatable bonds is 14. The molecular weight excluding hydrogens is 610 g/mol. The number of hydrogen-bond acceptors (Lipinski definition) is 6. The van der Waals surface area contributed by atoms with Crippen LogP contribution in [0.4, 0.5) is 0 Å². The Balaban J connectivity index is 1.13. The van der Waals surface area contributed by atoms with Gasteiger partial charge < -0.3 is 24.4 Å². The second-order valence-corrected chi connectivity index (χ2v) is 14.3. The van der Waals surface area contributed by atoms with Crippen molar-refractivity contribution in [3.8, 4) is 28.4 Å². The number of carbonyl (C=O) groups is 1. The van der Waals surface area contributed by atoms with E-state index in [2.05, 4.69) is 67.4 Å². The van der Waals surface area contributed by atoms with Gasteiger partial charge in [-0.25, -0.2) is 0 Å². The lowest BCUT2D eigenvalue weighted by Gasteiger charge is -2.48. The predicted octanol–water partition coefficient (Wildman–Crippen LogP) is 7.74. The van der Waals surface area contributed by atoms with Gasteiger partial charge >= 0.3 is 0 Å². The molecule has 3 aliphatic rings. The normalized spacial score (nSPS) is 20.3. The molecule has 6 rings (SSSR count). The molecule has 47 heavy (non-hydrogen) atoms. The van der Waals surface area contributed by atoms with Crippen LogP contribution in [-0.4, -0.2) is 67.2 Å². The molecule has 1 aliphatic carbocycles. The van der Waals surface area contributed by atoms with Crippen molar-refractivity contribution in [1.82, 2.24) is 15.1 Å². The molecule has 0 aromatic heterocycles. The van der Waals surface area contributed by atoms with Crippen LogP contribution in [0, 0.1) is 6.92 Å². The van der Waals surface area contributed by atoms with Crippen LogP contribution in [0.2, 0.25) is 5.02 Å². The predicted molar refractivity (Wildman–Crippen MR) is 189 cm³/mol. The fraction of sp³-hybridized carbons (Fsp3) is 0.513. The third-order valence-corrected chi connectivity index (χ3v) is 10.8. The molecule has 0 spiro atoms. The number of fused-ring (bicyclic) bond motifs is 1. The Morgan fingerprint density at radius 3 is 2.53 bits per heavy atom. The number of halogens is 1. The first-order valence-electron chi connectivity index (χ1n) is 17.3. The van der Waals surface area contributed by atoms with Crippen molar-refractivity contribution < 1.29 is 19.0 Å². The molecule has 2 heterocycles. The molecule has 0 saturated carbocycles. The number of ether oxygens (including phenoxy) is 3. The van der Waals surface area contributed by atoms with Crippen LogP contribution in [0.5, 0.6) is 17.2 Å². The molecule has 2 fully saturated rings. The standard InChI is InChI=1S/C39H50ClN3O4/c1-6-45-36-23-37(33(40)22-27(36)24-41-25-28-14-17-38(44)42(28)5)47-35-16-15-31-30(11-7-12-32(31)35)29-10-8-13-34(26(29)2)46-21-9-19-43-20-18-39(43,3)4/h7-8,10-13,22-23,28,35,41H,6,9,14-21,24-25H2,1-5H3/t28?,35-/m0/s1. The zero-order valence-corrected chi connectivity index (χ0v) is 29.4. The first-order chi connectivity index (χ1) is 22.7. The monoisotopic (exact) mass is 659 g/mol. The zero-order chi connectivity index (χ0) is 33.1. The van der Waals surface area contributed by atoms with E-state index in [1.165, 1.54) is 40.8 Å². The fourth-order valence-corrected chi connectivity index (χ4v) is 7.58. The number of benzene rings is 3. The summed E-state index contributed by atoms with van der Waals surface area (Å²) in [7, 11) is 1.88. The molecule has 8 heteroatoms. The lowest BCUT2D eigenvalue weighted by Crippen LogP contribution is -2.55. The van der Waals surface area contributed by atoms with Crippen molar-refractivity contribution in [2.24, 2.45) is 0 Å². The van der Waals surface area contributed by atoms with Gasteiger partial charge in [0.05, 0.1) is 18.2 Å². The van der Waals surface area contributed by atoms with Crippen molar-refractivity contribution in [3.05, 3.63) is 75.8 Å². The van der Waals surface area contributed by atoms with Gasteiger partial charge in [0.1, 0.15) is 23.4 Å². The number of nitrogens with one attached hydrogen (secondary N) is 1. The molecule has 3 aromatic carbocycles. The molecule has 2 atom stereocenters. The second kappa shape index (κ2) is 14.5. The van der Waals surface area contributed by atoms with Crippen molar-refractivity contribution in [2.45, 2.75) is 90.4 Å². The SMILES string of the molecule is CCOc1cc(O[C@H]2CCc3c(-c4cccc(OCCCN5CCC5(C)C)c4C)cccc32)c(Cl)cc1CNCC1CCC(=O)N1C. The first-order valence-corrected chi connectivity index (χ1v) is 17.7. The van der Waals surface area contributed by atoms with Crippen LogP contribution in [0.25, 0.3) is 11.1 Å². The van der Waals surface area contributed by atoms with Gasteiger partial charge in [0.15, 0.2) is 0 Å². The van der Waals surface area contributed by atoms with Crippen LogP contribution < -0.4 is 19.5 Å². The van der Waals surface area contributed by atoms with Crippen molar-refractivity contribution in [2.75, 3.05) is 39.9 Å². The van der Waals surface area contributed by atoms with E-state index in [-0.39, 0.29) is 18.1 Å². The van der Waals surface area contributed by atoms with E-state index in [1.807, 2.05) is 31.0 Å². The number of likely N-dealkylation sites (tertiary alicyclic amines) is 2. The Kier molecular flexibility index (Phi) is 10.4. The topological polar surface area (TPSA) is 63.3 Å². The minimum atomic E-state index is -0.0955. The van der Waals surface area contributed by atoms with E-state index in [9.17, 15) is 4.79 Å². The average Bonchev–Trinajstić information content (AvgIpc) is 3.61. The van der Waals surface area contributed by atoms with Gasteiger partial charge in [0.2, 0.25) is 5.91 Å². The third-order valence-electron chi connectivity index (χ3n) is 10.5.